The topological polar surface area (TPSA) is 52.9 Å². The van der Waals surface area contributed by atoms with Gasteiger partial charge in [0, 0.05) is 12.6 Å². The SMILES string of the molecule is CC1CCN(CCCOc2ccc(O)c(O)c2)CC1. The smallest absolute Gasteiger partial charge is 0.161 e. The van der Waals surface area contributed by atoms with Gasteiger partial charge < -0.3 is 19.8 Å². The zero-order chi connectivity index (χ0) is 13.7. The Balaban J connectivity index is 1.65. The third-order valence-electron chi connectivity index (χ3n) is 3.71. The van der Waals surface area contributed by atoms with Crippen molar-refractivity contribution in [2.45, 2.75) is 26.2 Å². The average Bonchev–Trinajstić information content (AvgIpc) is 2.41. The molecule has 106 valence electrons. The fraction of sp³-hybridized carbons (Fsp3) is 0.600. The number of nitrogens with zero attached hydrogens (tertiary/aromatic N) is 1. The maximum atomic E-state index is 9.35. The van der Waals surface area contributed by atoms with Crippen molar-refractivity contribution in [2.75, 3.05) is 26.2 Å². The summed E-state index contributed by atoms with van der Waals surface area (Å²) in [6.45, 7) is 6.41. The van der Waals surface area contributed by atoms with Crippen molar-refractivity contribution < 1.29 is 14.9 Å². The van der Waals surface area contributed by atoms with Crippen molar-refractivity contribution in [3.63, 3.8) is 0 Å². The first-order chi connectivity index (χ1) is 9.15. The Morgan fingerprint density at radius 1 is 1.21 bits per heavy atom. The molecule has 0 amide bonds. The van der Waals surface area contributed by atoms with Crippen LogP contribution in [0.25, 0.3) is 0 Å². The summed E-state index contributed by atoms with van der Waals surface area (Å²) in [7, 11) is 0. The predicted molar refractivity (Wildman–Crippen MR) is 74.7 cm³/mol. The van der Waals surface area contributed by atoms with E-state index in [1.807, 2.05) is 0 Å². The Kier molecular flexibility index (Phi) is 4.91. The number of rotatable bonds is 5. The van der Waals surface area contributed by atoms with Crippen LogP contribution in [-0.4, -0.2) is 41.4 Å². The molecule has 0 aliphatic carbocycles. The largest absolute Gasteiger partial charge is 0.504 e. The van der Waals surface area contributed by atoms with Crippen molar-refractivity contribution >= 4 is 0 Å². The fourth-order valence-electron chi connectivity index (χ4n) is 2.36. The van der Waals surface area contributed by atoms with Crippen LogP contribution in [0.2, 0.25) is 0 Å². The summed E-state index contributed by atoms with van der Waals surface area (Å²) in [5.41, 5.74) is 0. The van der Waals surface area contributed by atoms with Crippen LogP contribution in [0.4, 0.5) is 0 Å². The van der Waals surface area contributed by atoms with Gasteiger partial charge in [0.2, 0.25) is 0 Å². The molecule has 0 bridgehead atoms. The van der Waals surface area contributed by atoms with Crippen LogP contribution in [0.3, 0.4) is 0 Å². The maximum absolute atomic E-state index is 9.35. The molecule has 1 fully saturated rings. The lowest BCUT2D eigenvalue weighted by Crippen LogP contribution is -2.34. The van der Waals surface area contributed by atoms with Crippen LogP contribution in [0, 0.1) is 5.92 Å². The van der Waals surface area contributed by atoms with Gasteiger partial charge in [-0.05, 0) is 50.4 Å². The lowest BCUT2D eigenvalue weighted by atomic mass is 9.99. The van der Waals surface area contributed by atoms with Crippen LogP contribution < -0.4 is 4.74 Å². The molecule has 1 aliphatic heterocycles. The van der Waals surface area contributed by atoms with Crippen molar-refractivity contribution in [2.24, 2.45) is 5.92 Å². The van der Waals surface area contributed by atoms with Gasteiger partial charge in [0.25, 0.3) is 0 Å². The van der Waals surface area contributed by atoms with Crippen LogP contribution in [0.5, 0.6) is 17.2 Å². The minimum atomic E-state index is -0.137. The Hall–Kier alpha value is -1.42. The average molecular weight is 265 g/mol. The molecular formula is C15H23NO3. The molecule has 1 aromatic rings. The molecule has 0 unspecified atom stereocenters. The maximum Gasteiger partial charge on any atom is 0.161 e. The highest BCUT2D eigenvalue weighted by Crippen LogP contribution is 2.28. The highest BCUT2D eigenvalue weighted by Gasteiger charge is 2.14. The highest BCUT2D eigenvalue weighted by molar-refractivity contribution is 5.43. The Morgan fingerprint density at radius 3 is 2.63 bits per heavy atom. The Morgan fingerprint density at radius 2 is 1.95 bits per heavy atom. The molecule has 2 N–H and O–H groups in total. The number of likely N-dealkylation sites (tertiary alicyclic amines) is 1. The zero-order valence-corrected chi connectivity index (χ0v) is 11.5. The number of aromatic hydroxyl groups is 2. The van der Waals surface area contributed by atoms with E-state index in [1.165, 1.54) is 38.1 Å². The molecular weight excluding hydrogens is 242 g/mol. The molecule has 0 atom stereocenters. The number of hydrogen-bond donors (Lipinski definition) is 2. The molecule has 0 aromatic heterocycles. The summed E-state index contributed by atoms with van der Waals surface area (Å²) in [6.07, 6.45) is 3.58. The van der Waals surface area contributed by atoms with E-state index < -0.39 is 0 Å². The number of phenolic OH excluding ortho intramolecular Hbond substituents is 2. The summed E-state index contributed by atoms with van der Waals surface area (Å²) < 4.78 is 5.56. The molecule has 1 aliphatic rings. The fourth-order valence-corrected chi connectivity index (χ4v) is 2.36. The summed E-state index contributed by atoms with van der Waals surface area (Å²) in [5, 5.41) is 18.5. The minimum absolute atomic E-state index is 0.116. The summed E-state index contributed by atoms with van der Waals surface area (Å²) >= 11 is 0. The van der Waals surface area contributed by atoms with Crippen molar-refractivity contribution in [3.05, 3.63) is 18.2 Å². The Bertz CT molecular complexity index is 400. The number of ether oxygens (including phenoxy) is 1. The molecule has 4 heteroatoms. The van der Waals surface area contributed by atoms with Crippen molar-refractivity contribution in [3.8, 4) is 17.2 Å². The van der Waals surface area contributed by atoms with Crippen LogP contribution in [0.15, 0.2) is 18.2 Å². The molecule has 1 aromatic carbocycles. The minimum Gasteiger partial charge on any atom is -0.504 e. The van der Waals surface area contributed by atoms with Crippen LogP contribution >= 0.6 is 0 Å². The van der Waals surface area contributed by atoms with E-state index in [0.29, 0.717) is 12.4 Å². The highest BCUT2D eigenvalue weighted by atomic mass is 16.5. The van der Waals surface area contributed by atoms with Gasteiger partial charge in [-0.1, -0.05) is 6.92 Å². The second-order valence-corrected chi connectivity index (χ2v) is 5.38. The van der Waals surface area contributed by atoms with Crippen LogP contribution in [-0.2, 0) is 0 Å². The number of piperidine rings is 1. The first kappa shape index (κ1) is 14.0. The van der Waals surface area contributed by atoms with Gasteiger partial charge in [0.1, 0.15) is 5.75 Å². The van der Waals surface area contributed by atoms with Crippen molar-refractivity contribution in [1.82, 2.24) is 4.90 Å². The summed E-state index contributed by atoms with van der Waals surface area (Å²) in [6, 6.07) is 4.55. The number of hydrogen-bond acceptors (Lipinski definition) is 4. The third kappa shape index (κ3) is 4.31. The normalized spacial score (nSPS) is 17.5. The van der Waals surface area contributed by atoms with Gasteiger partial charge in [-0.25, -0.2) is 0 Å². The van der Waals surface area contributed by atoms with E-state index in [-0.39, 0.29) is 11.5 Å². The second-order valence-electron chi connectivity index (χ2n) is 5.38. The first-order valence-corrected chi connectivity index (χ1v) is 7.02. The van der Waals surface area contributed by atoms with E-state index in [1.54, 1.807) is 6.07 Å². The quantitative estimate of drug-likeness (QED) is 0.634. The Labute approximate surface area is 114 Å². The molecule has 4 nitrogen and oxygen atoms in total. The molecule has 0 saturated carbocycles. The molecule has 1 heterocycles. The molecule has 0 spiro atoms. The third-order valence-corrected chi connectivity index (χ3v) is 3.71. The first-order valence-electron chi connectivity index (χ1n) is 7.02. The lowest BCUT2D eigenvalue weighted by molar-refractivity contribution is 0.177. The standard InChI is InChI=1S/C15H23NO3/c1-12-5-8-16(9-6-12)7-2-10-19-13-3-4-14(17)15(18)11-13/h3-4,11-12,17-18H,2,5-10H2,1H3. The summed E-state index contributed by atoms with van der Waals surface area (Å²) in [5.74, 6) is 1.22. The molecule has 1 saturated heterocycles. The van der Waals surface area contributed by atoms with Gasteiger partial charge in [-0.3, -0.25) is 0 Å². The van der Waals surface area contributed by atoms with Crippen LogP contribution in [0.1, 0.15) is 26.2 Å². The number of phenols is 2. The van der Waals surface area contributed by atoms with E-state index in [9.17, 15) is 10.2 Å². The van der Waals surface area contributed by atoms with Gasteiger partial charge in [0.15, 0.2) is 11.5 Å². The number of benzene rings is 1. The van der Waals surface area contributed by atoms with Gasteiger partial charge in [-0.15, -0.1) is 0 Å². The monoisotopic (exact) mass is 265 g/mol. The molecule has 2 rings (SSSR count). The van der Waals surface area contributed by atoms with E-state index in [2.05, 4.69) is 11.8 Å². The lowest BCUT2D eigenvalue weighted by Gasteiger charge is -2.30. The van der Waals surface area contributed by atoms with Gasteiger partial charge in [-0.2, -0.15) is 0 Å². The van der Waals surface area contributed by atoms with E-state index >= 15 is 0 Å². The van der Waals surface area contributed by atoms with Gasteiger partial charge in [0.05, 0.1) is 6.61 Å². The predicted octanol–water partition coefficient (Wildman–Crippen LogP) is 2.60. The zero-order valence-electron chi connectivity index (χ0n) is 11.5. The second kappa shape index (κ2) is 6.66. The molecule has 19 heavy (non-hydrogen) atoms. The van der Waals surface area contributed by atoms with Gasteiger partial charge >= 0.3 is 0 Å². The molecule has 0 radical (unpaired) electrons. The van der Waals surface area contributed by atoms with E-state index in [4.69, 9.17) is 4.74 Å². The summed E-state index contributed by atoms with van der Waals surface area (Å²) in [4.78, 5) is 2.48. The van der Waals surface area contributed by atoms with Crippen molar-refractivity contribution in [1.29, 1.82) is 0 Å². The van der Waals surface area contributed by atoms with E-state index in [0.717, 1.165) is 18.9 Å².